The maximum atomic E-state index is 13.1. The molecule has 0 radical (unpaired) electrons. The van der Waals surface area contributed by atoms with Crippen molar-refractivity contribution in [3.05, 3.63) is 95.2 Å². The molecule has 33 heavy (non-hydrogen) atoms. The summed E-state index contributed by atoms with van der Waals surface area (Å²) in [5, 5.41) is 2.38. The van der Waals surface area contributed by atoms with Gasteiger partial charge in [-0.25, -0.2) is 4.79 Å². The number of carbonyl (C=O) groups is 1. The molecule has 4 nitrogen and oxygen atoms in total. The molecular formula is C29H26N2O2. The summed E-state index contributed by atoms with van der Waals surface area (Å²) in [7, 11) is 0. The smallest absolute Gasteiger partial charge is 0.355 e. The second kappa shape index (κ2) is 7.66. The third-order valence-electron chi connectivity index (χ3n) is 6.83. The molecule has 0 saturated carbocycles. The van der Waals surface area contributed by atoms with E-state index in [1.807, 2.05) is 36.4 Å². The Morgan fingerprint density at radius 3 is 2.58 bits per heavy atom. The van der Waals surface area contributed by atoms with Crippen LogP contribution in [0.15, 0.2) is 72.8 Å². The average molecular weight is 435 g/mol. The van der Waals surface area contributed by atoms with Crippen molar-refractivity contribution < 1.29 is 9.53 Å². The molecule has 0 amide bonds. The summed E-state index contributed by atoms with van der Waals surface area (Å²) < 4.78 is 10.4. The molecule has 0 bridgehead atoms. The van der Waals surface area contributed by atoms with Crippen LogP contribution in [0.5, 0.6) is 0 Å². The Bertz CT molecular complexity index is 1520. The molecule has 164 valence electrons. The zero-order valence-electron chi connectivity index (χ0n) is 19.0. The number of fused-ring (bicyclic) bond motifs is 4. The van der Waals surface area contributed by atoms with Crippen LogP contribution in [0.1, 0.15) is 33.6 Å². The lowest BCUT2D eigenvalue weighted by Gasteiger charge is -2.20. The Balaban J connectivity index is 1.50. The fourth-order valence-corrected chi connectivity index (χ4v) is 5.31. The van der Waals surface area contributed by atoms with Crippen molar-refractivity contribution in [1.29, 1.82) is 0 Å². The van der Waals surface area contributed by atoms with Gasteiger partial charge < -0.3 is 13.9 Å². The number of carbonyl (C=O) groups excluding carboxylic acids is 1. The van der Waals surface area contributed by atoms with Crippen molar-refractivity contribution in [3.63, 3.8) is 0 Å². The highest BCUT2D eigenvalue weighted by Crippen LogP contribution is 2.40. The average Bonchev–Trinajstić information content (AvgIpc) is 3.32. The number of aryl methyl sites for hydroxylation is 4. The number of aromatic nitrogens is 2. The molecule has 0 saturated heterocycles. The molecule has 3 aromatic carbocycles. The molecule has 0 N–H and O–H groups in total. The molecule has 2 aromatic heterocycles. The molecule has 1 aliphatic rings. The highest BCUT2D eigenvalue weighted by atomic mass is 16.5. The van der Waals surface area contributed by atoms with Crippen molar-refractivity contribution in [2.75, 3.05) is 0 Å². The first-order chi connectivity index (χ1) is 16.1. The zero-order chi connectivity index (χ0) is 22.5. The van der Waals surface area contributed by atoms with Gasteiger partial charge in [0.15, 0.2) is 0 Å². The van der Waals surface area contributed by atoms with Gasteiger partial charge in [-0.15, -0.1) is 0 Å². The fourth-order valence-electron chi connectivity index (χ4n) is 5.31. The summed E-state index contributed by atoms with van der Waals surface area (Å²) in [6, 6.07) is 24.9. The standard InChI is InChI=1S/C29H26N2O2/c1-19-12-13-23-20(2)27-24-11-6-10-22-17-26(29(32)33-18-21-8-4-3-5-9-21)31(28(22)24)15-7-14-30(27)25(23)16-19/h3-6,8-13,16-17H,7,14-15,18H2,1-2H3. The minimum atomic E-state index is -0.269. The first-order valence-corrected chi connectivity index (χ1v) is 11.5. The quantitative estimate of drug-likeness (QED) is 0.298. The van der Waals surface area contributed by atoms with Gasteiger partial charge in [0.2, 0.25) is 0 Å². The van der Waals surface area contributed by atoms with Crippen molar-refractivity contribution in [2.45, 2.75) is 40.0 Å². The summed E-state index contributed by atoms with van der Waals surface area (Å²) in [5.74, 6) is -0.269. The van der Waals surface area contributed by atoms with Crippen LogP contribution in [0.2, 0.25) is 0 Å². The van der Waals surface area contributed by atoms with E-state index in [2.05, 4.69) is 59.4 Å². The van der Waals surface area contributed by atoms with Crippen molar-refractivity contribution in [3.8, 4) is 11.3 Å². The molecule has 1 aliphatic heterocycles. The van der Waals surface area contributed by atoms with Crippen LogP contribution in [0.3, 0.4) is 0 Å². The second-order valence-electron chi connectivity index (χ2n) is 8.99. The van der Waals surface area contributed by atoms with Gasteiger partial charge in [-0.3, -0.25) is 0 Å². The molecule has 0 unspecified atom stereocenters. The number of benzene rings is 3. The van der Waals surface area contributed by atoms with Gasteiger partial charge >= 0.3 is 5.97 Å². The van der Waals surface area contributed by atoms with Gasteiger partial charge in [-0.05, 0) is 49.1 Å². The highest BCUT2D eigenvalue weighted by molar-refractivity contribution is 6.04. The Kier molecular flexibility index (Phi) is 4.61. The van der Waals surface area contributed by atoms with E-state index >= 15 is 0 Å². The molecule has 3 heterocycles. The molecule has 6 rings (SSSR count). The number of rotatable bonds is 3. The molecule has 0 aliphatic carbocycles. The van der Waals surface area contributed by atoms with E-state index in [4.69, 9.17) is 4.74 Å². The molecule has 0 fully saturated rings. The summed E-state index contributed by atoms with van der Waals surface area (Å²) in [6.45, 7) is 6.33. The van der Waals surface area contributed by atoms with E-state index in [-0.39, 0.29) is 12.6 Å². The topological polar surface area (TPSA) is 36.2 Å². The summed E-state index contributed by atoms with van der Waals surface area (Å²) in [6.07, 6.45) is 0.946. The lowest BCUT2D eigenvalue weighted by Crippen LogP contribution is -2.15. The van der Waals surface area contributed by atoms with E-state index in [0.29, 0.717) is 5.69 Å². The monoisotopic (exact) mass is 434 g/mol. The first-order valence-electron chi connectivity index (χ1n) is 11.5. The first kappa shape index (κ1) is 19.9. The van der Waals surface area contributed by atoms with E-state index in [1.54, 1.807) is 0 Å². The van der Waals surface area contributed by atoms with E-state index in [9.17, 15) is 4.79 Å². The number of nitrogens with zero attached hydrogens (tertiary/aromatic N) is 2. The second-order valence-corrected chi connectivity index (χ2v) is 8.99. The van der Waals surface area contributed by atoms with Crippen molar-refractivity contribution in [2.24, 2.45) is 0 Å². The number of para-hydroxylation sites is 1. The molecular weight excluding hydrogens is 408 g/mol. The van der Waals surface area contributed by atoms with Crippen LogP contribution in [0.4, 0.5) is 0 Å². The maximum Gasteiger partial charge on any atom is 0.355 e. The number of hydrogen-bond donors (Lipinski definition) is 0. The van der Waals surface area contributed by atoms with Crippen LogP contribution in [-0.2, 0) is 24.4 Å². The zero-order valence-corrected chi connectivity index (χ0v) is 19.0. The van der Waals surface area contributed by atoms with Gasteiger partial charge in [0.1, 0.15) is 12.3 Å². The molecule has 4 heteroatoms. The minimum absolute atomic E-state index is 0.269. The maximum absolute atomic E-state index is 13.1. The number of hydrogen-bond acceptors (Lipinski definition) is 2. The Labute approximate surface area is 193 Å². The van der Waals surface area contributed by atoms with Crippen LogP contribution >= 0.6 is 0 Å². The third kappa shape index (κ3) is 3.17. The van der Waals surface area contributed by atoms with Crippen LogP contribution in [0, 0.1) is 13.8 Å². The van der Waals surface area contributed by atoms with Gasteiger partial charge in [0.05, 0.1) is 11.2 Å². The number of esters is 1. The predicted octanol–water partition coefficient (Wildman–Crippen LogP) is 6.64. The van der Waals surface area contributed by atoms with Crippen molar-refractivity contribution in [1.82, 2.24) is 9.13 Å². The number of ether oxygens (including phenoxy) is 1. The van der Waals surface area contributed by atoms with E-state index < -0.39 is 0 Å². The van der Waals surface area contributed by atoms with Crippen LogP contribution < -0.4 is 0 Å². The summed E-state index contributed by atoms with van der Waals surface area (Å²) in [4.78, 5) is 13.1. The van der Waals surface area contributed by atoms with Gasteiger partial charge in [0.25, 0.3) is 0 Å². The molecule has 0 spiro atoms. The SMILES string of the molecule is Cc1ccc2c(C)c3n(c2c1)CCCn1c(C(=O)OCc2ccccc2)cc2cccc-3c21. The molecule has 5 aromatic rings. The largest absolute Gasteiger partial charge is 0.456 e. The summed E-state index contributed by atoms with van der Waals surface area (Å²) >= 11 is 0. The Morgan fingerprint density at radius 2 is 1.73 bits per heavy atom. The Morgan fingerprint density at radius 1 is 0.909 bits per heavy atom. The van der Waals surface area contributed by atoms with Crippen LogP contribution in [-0.4, -0.2) is 15.1 Å². The van der Waals surface area contributed by atoms with Crippen LogP contribution in [0.25, 0.3) is 33.1 Å². The van der Waals surface area contributed by atoms with Gasteiger partial charge in [0, 0.05) is 34.9 Å². The normalized spacial score (nSPS) is 13.0. The van der Waals surface area contributed by atoms with Gasteiger partial charge in [-0.2, -0.15) is 0 Å². The lowest BCUT2D eigenvalue weighted by molar-refractivity contribution is 0.0460. The van der Waals surface area contributed by atoms with E-state index in [1.165, 1.54) is 33.3 Å². The minimum Gasteiger partial charge on any atom is -0.456 e. The Hall–Kier alpha value is -3.79. The predicted molar refractivity (Wildman–Crippen MR) is 133 cm³/mol. The highest BCUT2D eigenvalue weighted by Gasteiger charge is 2.25. The van der Waals surface area contributed by atoms with Gasteiger partial charge in [-0.1, -0.05) is 60.7 Å². The van der Waals surface area contributed by atoms with E-state index in [0.717, 1.165) is 36.0 Å². The molecule has 0 atom stereocenters. The lowest BCUT2D eigenvalue weighted by atomic mass is 10.0. The summed E-state index contributed by atoms with van der Waals surface area (Å²) in [5.41, 5.74) is 9.03. The third-order valence-corrected chi connectivity index (χ3v) is 6.83. The van der Waals surface area contributed by atoms with Crippen molar-refractivity contribution >= 4 is 27.8 Å². The fraction of sp³-hybridized carbons (Fsp3) is 0.207.